The van der Waals surface area contributed by atoms with Gasteiger partial charge in [0.25, 0.3) is 5.56 Å². The number of hydrogen-bond donors (Lipinski definition) is 1. The minimum Gasteiger partial charge on any atom is -0.308 e. The van der Waals surface area contributed by atoms with E-state index >= 15 is 0 Å². The highest BCUT2D eigenvalue weighted by atomic mass is 32.1. The van der Waals surface area contributed by atoms with E-state index in [1.54, 1.807) is 10.9 Å². The number of thiophene rings is 1. The van der Waals surface area contributed by atoms with Crippen molar-refractivity contribution >= 4 is 21.6 Å². The van der Waals surface area contributed by atoms with Gasteiger partial charge in [0.2, 0.25) is 0 Å². The molecule has 0 saturated carbocycles. The van der Waals surface area contributed by atoms with Crippen LogP contribution in [0.3, 0.4) is 0 Å². The first-order valence-electron chi connectivity index (χ1n) is 5.19. The van der Waals surface area contributed by atoms with Gasteiger partial charge in [-0.05, 0) is 24.4 Å². The van der Waals surface area contributed by atoms with Crippen LogP contribution < -0.4 is 5.56 Å². The third-order valence-corrected chi connectivity index (χ3v) is 3.49. The van der Waals surface area contributed by atoms with E-state index in [-0.39, 0.29) is 5.56 Å². The molecule has 1 N–H and O–H groups in total. The quantitative estimate of drug-likeness (QED) is 0.746. The Morgan fingerprint density at radius 3 is 3.12 bits per heavy atom. The molecule has 0 aliphatic heterocycles. The third kappa shape index (κ3) is 1.76. The molecule has 0 amide bonds. The number of aromatic nitrogens is 4. The molecule has 0 spiro atoms. The van der Waals surface area contributed by atoms with Crippen LogP contribution in [0.25, 0.3) is 10.2 Å². The van der Waals surface area contributed by atoms with Crippen LogP contribution in [0.4, 0.5) is 0 Å². The van der Waals surface area contributed by atoms with Gasteiger partial charge in [-0.15, -0.1) is 11.3 Å². The summed E-state index contributed by atoms with van der Waals surface area (Å²) in [5.74, 6) is 0.632. The van der Waals surface area contributed by atoms with Gasteiger partial charge in [-0.25, -0.2) is 4.98 Å². The smallest absolute Gasteiger partial charge is 0.268 e. The Bertz CT molecular complexity index is 724. The minimum atomic E-state index is -0.0789. The van der Waals surface area contributed by atoms with Gasteiger partial charge in [-0.3, -0.25) is 9.48 Å². The molecule has 0 unspecified atom stereocenters. The summed E-state index contributed by atoms with van der Waals surface area (Å²) in [6.45, 7) is 2.45. The van der Waals surface area contributed by atoms with Crippen LogP contribution in [-0.2, 0) is 6.54 Å². The van der Waals surface area contributed by atoms with Crippen LogP contribution in [0.1, 0.15) is 11.5 Å². The van der Waals surface area contributed by atoms with Gasteiger partial charge in [-0.1, -0.05) is 0 Å². The molecule has 0 atom stereocenters. The molecule has 0 radical (unpaired) electrons. The third-order valence-electron chi connectivity index (χ3n) is 2.59. The van der Waals surface area contributed by atoms with Gasteiger partial charge < -0.3 is 4.98 Å². The van der Waals surface area contributed by atoms with Crippen LogP contribution in [0.15, 0.2) is 28.5 Å². The molecular formula is C11H10N4OS. The highest BCUT2D eigenvalue weighted by Crippen LogP contribution is 2.13. The number of rotatable bonds is 2. The van der Waals surface area contributed by atoms with Crippen LogP contribution in [0, 0.1) is 6.92 Å². The predicted molar refractivity (Wildman–Crippen MR) is 66.3 cm³/mol. The maximum absolute atomic E-state index is 11.8. The first-order valence-corrected chi connectivity index (χ1v) is 6.07. The van der Waals surface area contributed by atoms with Gasteiger partial charge in [0, 0.05) is 11.9 Å². The fourth-order valence-electron chi connectivity index (χ4n) is 1.70. The zero-order valence-corrected chi connectivity index (χ0v) is 9.99. The zero-order valence-electron chi connectivity index (χ0n) is 9.17. The van der Waals surface area contributed by atoms with E-state index in [0.29, 0.717) is 17.1 Å². The van der Waals surface area contributed by atoms with Crippen molar-refractivity contribution in [1.29, 1.82) is 0 Å². The summed E-state index contributed by atoms with van der Waals surface area (Å²) in [6, 6.07) is 3.77. The second kappa shape index (κ2) is 3.81. The molecule has 86 valence electrons. The lowest BCUT2D eigenvalue weighted by atomic mass is 10.4. The second-order valence-corrected chi connectivity index (χ2v) is 4.69. The molecule has 17 heavy (non-hydrogen) atoms. The molecular weight excluding hydrogens is 236 g/mol. The van der Waals surface area contributed by atoms with Gasteiger partial charge >= 0.3 is 0 Å². The largest absolute Gasteiger partial charge is 0.308 e. The first-order chi connectivity index (χ1) is 8.24. The Morgan fingerprint density at radius 2 is 2.35 bits per heavy atom. The zero-order chi connectivity index (χ0) is 11.8. The predicted octanol–water partition coefficient (Wildman–Crippen LogP) is 1.54. The lowest BCUT2D eigenvalue weighted by Gasteiger charge is -2.03. The SMILES string of the molecule is Cc1ccnn1Cc1nc2ccsc2c(=O)[nH]1. The number of aromatic amines is 1. The molecule has 0 saturated heterocycles. The lowest BCUT2D eigenvalue weighted by molar-refractivity contribution is 0.637. The molecule has 0 fully saturated rings. The van der Waals surface area contributed by atoms with Crippen molar-refractivity contribution in [2.75, 3.05) is 0 Å². The van der Waals surface area contributed by atoms with Gasteiger partial charge in [0.1, 0.15) is 10.5 Å². The summed E-state index contributed by atoms with van der Waals surface area (Å²) >= 11 is 1.41. The average molecular weight is 246 g/mol. The molecule has 5 nitrogen and oxygen atoms in total. The van der Waals surface area contributed by atoms with Crippen LogP contribution in [-0.4, -0.2) is 19.7 Å². The van der Waals surface area contributed by atoms with Gasteiger partial charge in [-0.2, -0.15) is 5.10 Å². The average Bonchev–Trinajstić information content (AvgIpc) is 2.89. The summed E-state index contributed by atoms with van der Waals surface area (Å²) in [5.41, 5.74) is 1.71. The number of aryl methyl sites for hydroxylation is 1. The molecule has 0 aliphatic rings. The van der Waals surface area contributed by atoms with Crippen molar-refractivity contribution in [3.05, 3.63) is 45.6 Å². The van der Waals surface area contributed by atoms with E-state index in [0.717, 1.165) is 11.2 Å². The summed E-state index contributed by atoms with van der Waals surface area (Å²) in [7, 11) is 0. The number of fused-ring (bicyclic) bond motifs is 1. The van der Waals surface area contributed by atoms with Crippen molar-refractivity contribution < 1.29 is 0 Å². The van der Waals surface area contributed by atoms with Crippen molar-refractivity contribution in [3.63, 3.8) is 0 Å². The fourth-order valence-corrected chi connectivity index (χ4v) is 2.43. The first kappa shape index (κ1) is 10.2. The van der Waals surface area contributed by atoms with Crippen molar-refractivity contribution in [3.8, 4) is 0 Å². The van der Waals surface area contributed by atoms with Gasteiger partial charge in [0.05, 0.1) is 12.1 Å². The van der Waals surface area contributed by atoms with Gasteiger partial charge in [0.15, 0.2) is 0 Å². The molecule has 3 aromatic heterocycles. The number of hydrogen-bond acceptors (Lipinski definition) is 4. The molecule has 3 rings (SSSR count). The van der Waals surface area contributed by atoms with E-state index in [2.05, 4.69) is 15.1 Å². The van der Waals surface area contributed by atoms with Crippen LogP contribution in [0.5, 0.6) is 0 Å². The monoisotopic (exact) mass is 246 g/mol. The highest BCUT2D eigenvalue weighted by Gasteiger charge is 2.06. The van der Waals surface area contributed by atoms with Crippen molar-refractivity contribution in [1.82, 2.24) is 19.7 Å². The Labute approximate surface area is 101 Å². The van der Waals surface area contributed by atoms with E-state index < -0.39 is 0 Å². The Hall–Kier alpha value is -1.95. The standard InChI is InChI=1S/C11H10N4OS/c1-7-2-4-12-15(7)6-9-13-8-3-5-17-10(8)11(16)14-9/h2-5H,6H2,1H3,(H,13,14,16). The summed E-state index contributed by atoms with van der Waals surface area (Å²) in [5, 5.41) is 6.04. The van der Waals surface area contributed by atoms with E-state index in [1.807, 2.05) is 24.4 Å². The van der Waals surface area contributed by atoms with E-state index in [4.69, 9.17) is 0 Å². The van der Waals surface area contributed by atoms with E-state index in [1.165, 1.54) is 11.3 Å². The summed E-state index contributed by atoms with van der Waals surface area (Å²) < 4.78 is 2.47. The molecule has 3 heterocycles. The maximum Gasteiger partial charge on any atom is 0.268 e. The number of nitrogens with one attached hydrogen (secondary N) is 1. The number of H-pyrrole nitrogens is 1. The fraction of sp³-hybridized carbons (Fsp3) is 0.182. The number of nitrogens with zero attached hydrogens (tertiary/aromatic N) is 3. The minimum absolute atomic E-state index is 0.0789. The Balaban J connectivity index is 2.06. The summed E-state index contributed by atoms with van der Waals surface area (Å²) in [6.07, 6.45) is 1.73. The Kier molecular flexibility index (Phi) is 2.29. The Morgan fingerprint density at radius 1 is 1.47 bits per heavy atom. The normalized spacial score (nSPS) is 11.1. The van der Waals surface area contributed by atoms with E-state index in [9.17, 15) is 4.79 Å². The van der Waals surface area contributed by atoms with Crippen molar-refractivity contribution in [2.24, 2.45) is 0 Å². The van der Waals surface area contributed by atoms with Crippen molar-refractivity contribution in [2.45, 2.75) is 13.5 Å². The molecule has 0 bridgehead atoms. The second-order valence-electron chi connectivity index (χ2n) is 3.78. The highest BCUT2D eigenvalue weighted by molar-refractivity contribution is 7.17. The maximum atomic E-state index is 11.8. The van der Waals surface area contributed by atoms with Crippen LogP contribution >= 0.6 is 11.3 Å². The lowest BCUT2D eigenvalue weighted by Crippen LogP contribution is -2.14. The van der Waals surface area contributed by atoms with Crippen LogP contribution in [0.2, 0.25) is 0 Å². The molecule has 3 aromatic rings. The topological polar surface area (TPSA) is 63.6 Å². The summed E-state index contributed by atoms with van der Waals surface area (Å²) in [4.78, 5) is 19.0. The molecule has 6 heteroatoms. The molecule has 0 aromatic carbocycles. The molecule has 0 aliphatic carbocycles.